The van der Waals surface area contributed by atoms with E-state index in [0.717, 1.165) is 35.1 Å². The maximum atomic E-state index is 10.8. The van der Waals surface area contributed by atoms with Crippen LogP contribution < -0.4 is 10.1 Å². The van der Waals surface area contributed by atoms with Crippen molar-refractivity contribution in [2.45, 2.75) is 33.2 Å². The summed E-state index contributed by atoms with van der Waals surface area (Å²) in [5, 5.41) is 3.96. The predicted octanol–water partition coefficient (Wildman–Crippen LogP) is 3.14. The normalized spacial score (nSPS) is 13.2. The number of amides is 1. The number of carbonyl (C=O) groups is 1. The van der Waals surface area contributed by atoms with E-state index in [-0.39, 0.29) is 11.5 Å². The van der Waals surface area contributed by atoms with Gasteiger partial charge in [-0.1, -0.05) is 20.8 Å². The van der Waals surface area contributed by atoms with Gasteiger partial charge in [0, 0.05) is 23.1 Å². The molecule has 4 nitrogen and oxygen atoms in total. The van der Waals surface area contributed by atoms with Gasteiger partial charge in [-0.3, -0.25) is 4.79 Å². The fraction of sp³-hybridized carbons (Fsp3) is 0.438. The van der Waals surface area contributed by atoms with E-state index in [0.29, 0.717) is 0 Å². The minimum Gasteiger partial charge on any atom is -0.497 e. The standard InChI is InChI=1S/C16H21NO3/c1-16(2,3)15(17-10-18)7-11-9-20-14-8-12(19-4)5-6-13(11)14/h5-6,8-10,15H,7H2,1-4H3,(H,17,18)/t15-/m0/s1. The number of fused-ring (bicyclic) bond motifs is 1. The summed E-state index contributed by atoms with van der Waals surface area (Å²) in [6.45, 7) is 6.33. The van der Waals surface area contributed by atoms with Crippen molar-refractivity contribution in [1.82, 2.24) is 5.32 Å². The van der Waals surface area contributed by atoms with E-state index in [1.807, 2.05) is 18.2 Å². The van der Waals surface area contributed by atoms with Gasteiger partial charge < -0.3 is 14.5 Å². The molecule has 20 heavy (non-hydrogen) atoms. The largest absolute Gasteiger partial charge is 0.497 e. The maximum Gasteiger partial charge on any atom is 0.207 e. The lowest BCUT2D eigenvalue weighted by Crippen LogP contribution is -2.41. The minimum atomic E-state index is -0.0169. The van der Waals surface area contributed by atoms with E-state index in [2.05, 4.69) is 26.1 Å². The number of methoxy groups -OCH3 is 1. The molecular formula is C16H21NO3. The molecule has 0 bridgehead atoms. The summed E-state index contributed by atoms with van der Waals surface area (Å²) in [6.07, 6.45) is 3.26. The first-order valence-electron chi connectivity index (χ1n) is 6.69. The number of nitrogens with one attached hydrogen (secondary N) is 1. The number of benzene rings is 1. The van der Waals surface area contributed by atoms with Crippen LogP contribution in [0.1, 0.15) is 26.3 Å². The van der Waals surface area contributed by atoms with Gasteiger partial charge in [-0.2, -0.15) is 0 Å². The molecule has 0 aliphatic carbocycles. The van der Waals surface area contributed by atoms with E-state index in [4.69, 9.17) is 9.15 Å². The topological polar surface area (TPSA) is 51.5 Å². The molecule has 2 rings (SSSR count). The zero-order valence-corrected chi connectivity index (χ0v) is 12.4. The molecule has 2 aromatic rings. The van der Waals surface area contributed by atoms with E-state index in [1.54, 1.807) is 13.4 Å². The van der Waals surface area contributed by atoms with Crippen LogP contribution in [0.25, 0.3) is 11.0 Å². The van der Waals surface area contributed by atoms with Crippen molar-refractivity contribution in [2.24, 2.45) is 5.41 Å². The molecular weight excluding hydrogens is 254 g/mol. The number of hydrogen-bond donors (Lipinski definition) is 1. The van der Waals surface area contributed by atoms with Crippen LogP contribution >= 0.6 is 0 Å². The number of carbonyl (C=O) groups excluding carboxylic acids is 1. The van der Waals surface area contributed by atoms with Crippen LogP contribution in [0.2, 0.25) is 0 Å². The van der Waals surface area contributed by atoms with Gasteiger partial charge in [0.25, 0.3) is 0 Å². The Labute approximate surface area is 119 Å². The highest BCUT2D eigenvalue weighted by molar-refractivity contribution is 5.82. The summed E-state index contributed by atoms with van der Waals surface area (Å²) >= 11 is 0. The van der Waals surface area contributed by atoms with Crippen LogP contribution in [0.15, 0.2) is 28.9 Å². The Balaban J connectivity index is 2.31. The lowest BCUT2D eigenvalue weighted by atomic mass is 9.83. The van der Waals surface area contributed by atoms with Gasteiger partial charge >= 0.3 is 0 Å². The van der Waals surface area contributed by atoms with Gasteiger partial charge in [-0.05, 0) is 24.0 Å². The van der Waals surface area contributed by atoms with Crippen molar-refractivity contribution in [2.75, 3.05) is 7.11 Å². The first-order valence-corrected chi connectivity index (χ1v) is 6.69. The molecule has 1 aromatic carbocycles. The van der Waals surface area contributed by atoms with Crippen LogP contribution in [0.5, 0.6) is 5.75 Å². The van der Waals surface area contributed by atoms with Crippen LogP contribution in [-0.4, -0.2) is 19.6 Å². The first-order chi connectivity index (χ1) is 9.45. The van der Waals surface area contributed by atoms with Crippen molar-refractivity contribution in [1.29, 1.82) is 0 Å². The minimum absolute atomic E-state index is 0.0169. The summed E-state index contributed by atoms with van der Waals surface area (Å²) in [6, 6.07) is 5.84. The molecule has 0 aliphatic rings. The molecule has 0 saturated heterocycles. The molecule has 4 heteroatoms. The summed E-state index contributed by atoms with van der Waals surface area (Å²) < 4.78 is 10.8. The average molecular weight is 275 g/mol. The Morgan fingerprint density at radius 3 is 2.75 bits per heavy atom. The SMILES string of the molecule is COc1ccc2c(C[C@H](NC=O)C(C)(C)C)coc2c1. The monoisotopic (exact) mass is 275 g/mol. The van der Waals surface area contributed by atoms with Crippen molar-refractivity contribution in [3.8, 4) is 5.75 Å². The van der Waals surface area contributed by atoms with E-state index in [9.17, 15) is 4.79 Å². The lowest BCUT2D eigenvalue weighted by molar-refractivity contribution is -0.110. The third-order valence-corrected chi connectivity index (χ3v) is 3.60. The van der Waals surface area contributed by atoms with Gasteiger partial charge in [-0.15, -0.1) is 0 Å². The zero-order chi connectivity index (χ0) is 14.8. The molecule has 1 atom stereocenters. The Morgan fingerprint density at radius 2 is 2.15 bits per heavy atom. The molecule has 1 aromatic heterocycles. The molecule has 0 spiro atoms. The molecule has 108 valence electrons. The van der Waals surface area contributed by atoms with E-state index in [1.165, 1.54) is 0 Å². The van der Waals surface area contributed by atoms with Crippen molar-refractivity contribution in [3.63, 3.8) is 0 Å². The maximum absolute atomic E-state index is 10.8. The molecule has 1 heterocycles. The molecule has 0 fully saturated rings. The second kappa shape index (κ2) is 5.57. The van der Waals surface area contributed by atoms with Gasteiger partial charge in [0.05, 0.1) is 13.4 Å². The number of rotatable bonds is 5. The Morgan fingerprint density at radius 1 is 1.40 bits per heavy atom. The highest BCUT2D eigenvalue weighted by Gasteiger charge is 2.25. The molecule has 0 radical (unpaired) electrons. The van der Waals surface area contributed by atoms with Crippen LogP contribution in [-0.2, 0) is 11.2 Å². The molecule has 1 N–H and O–H groups in total. The van der Waals surface area contributed by atoms with Crippen molar-refractivity contribution in [3.05, 3.63) is 30.0 Å². The smallest absolute Gasteiger partial charge is 0.207 e. The summed E-state index contributed by atoms with van der Waals surface area (Å²) in [5.74, 6) is 0.775. The third-order valence-electron chi connectivity index (χ3n) is 3.60. The van der Waals surface area contributed by atoms with Crippen LogP contribution in [0.3, 0.4) is 0 Å². The summed E-state index contributed by atoms with van der Waals surface area (Å²) in [4.78, 5) is 10.8. The Hall–Kier alpha value is -1.97. The fourth-order valence-corrected chi connectivity index (χ4v) is 2.27. The predicted molar refractivity (Wildman–Crippen MR) is 78.9 cm³/mol. The second-order valence-electron chi connectivity index (χ2n) is 6.03. The highest BCUT2D eigenvalue weighted by Crippen LogP contribution is 2.29. The number of hydrogen-bond acceptors (Lipinski definition) is 3. The fourth-order valence-electron chi connectivity index (χ4n) is 2.27. The molecule has 0 saturated carbocycles. The molecule has 0 unspecified atom stereocenters. The van der Waals surface area contributed by atoms with Crippen molar-refractivity contribution >= 4 is 17.4 Å². The van der Waals surface area contributed by atoms with E-state index >= 15 is 0 Å². The number of furan rings is 1. The van der Waals surface area contributed by atoms with Gasteiger partial charge in [-0.25, -0.2) is 0 Å². The Bertz CT molecular complexity index is 595. The number of ether oxygens (including phenoxy) is 1. The Kier molecular flexibility index (Phi) is 4.02. The quantitative estimate of drug-likeness (QED) is 0.853. The van der Waals surface area contributed by atoms with E-state index < -0.39 is 0 Å². The van der Waals surface area contributed by atoms with Crippen molar-refractivity contribution < 1.29 is 13.9 Å². The first kappa shape index (κ1) is 14.4. The second-order valence-corrected chi connectivity index (χ2v) is 6.03. The lowest BCUT2D eigenvalue weighted by Gasteiger charge is -2.29. The molecule has 1 amide bonds. The summed E-state index contributed by atoms with van der Waals surface area (Å²) in [7, 11) is 1.63. The van der Waals surface area contributed by atoms with Gasteiger partial charge in [0.1, 0.15) is 11.3 Å². The molecule has 0 aliphatic heterocycles. The summed E-state index contributed by atoms with van der Waals surface area (Å²) in [5.41, 5.74) is 1.88. The van der Waals surface area contributed by atoms with Gasteiger partial charge in [0.15, 0.2) is 0 Å². The van der Waals surface area contributed by atoms with Crippen LogP contribution in [0.4, 0.5) is 0 Å². The average Bonchev–Trinajstić information content (AvgIpc) is 2.79. The zero-order valence-electron chi connectivity index (χ0n) is 12.4. The van der Waals surface area contributed by atoms with Gasteiger partial charge in [0.2, 0.25) is 6.41 Å². The highest BCUT2D eigenvalue weighted by atomic mass is 16.5. The van der Waals surface area contributed by atoms with Crippen LogP contribution in [0, 0.1) is 5.41 Å². The third kappa shape index (κ3) is 2.95.